The Morgan fingerprint density at radius 1 is 1.38 bits per heavy atom. The van der Waals surface area contributed by atoms with Gasteiger partial charge in [0, 0.05) is 5.41 Å². The Hall–Kier alpha value is -1.31. The molecule has 0 spiro atoms. The van der Waals surface area contributed by atoms with Crippen LogP contribution in [0.3, 0.4) is 0 Å². The highest BCUT2D eigenvalue weighted by molar-refractivity contribution is 5.69. The highest BCUT2D eigenvalue weighted by atomic mass is 16.4. The zero-order valence-corrected chi connectivity index (χ0v) is 9.92. The van der Waals surface area contributed by atoms with E-state index in [4.69, 9.17) is 5.11 Å². The molecule has 86 valence electrons. The van der Waals surface area contributed by atoms with Crippen molar-refractivity contribution < 1.29 is 9.90 Å². The molecule has 0 bridgehead atoms. The number of benzene rings is 1. The van der Waals surface area contributed by atoms with E-state index in [1.807, 2.05) is 13.8 Å². The average molecular weight is 218 g/mol. The second-order valence-electron chi connectivity index (χ2n) is 5.25. The number of carboxylic acid groups (broad SMARTS) is 1. The lowest BCUT2D eigenvalue weighted by Gasteiger charge is -2.26. The van der Waals surface area contributed by atoms with Gasteiger partial charge in [-0.1, -0.05) is 32.0 Å². The number of aliphatic carboxylic acids is 1. The predicted octanol–water partition coefficient (Wildman–Crippen LogP) is 2.93. The van der Waals surface area contributed by atoms with Gasteiger partial charge in [0.05, 0.1) is 6.42 Å². The van der Waals surface area contributed by atoms with Gasteiger partial charge in [-0.25, -0.2) is 0 Å². The first kappa shape index (κ1) is 11.2. The van der Waals surface area contributed by atoms with Crippen LogP contribution in [-0.2, 0) is 23.1 Å². The molecule has 0 saturated heterocycles. The van der Waals surface area contributed by atoms with E-state index in [0.29, 0.717) is 0 Å². The Labute approximate surface area is 96.3 Å². The summed E-state index contributed by atoms with van der Waals surface area (Å²) in [5, 5.41) is 8.96. The first-order valence-corrected chi connectivity index (χ1v) is 5.84. The van der Waals surface area contributed by atoms with E-state index >= 15 is 0 Å². The fraction of sp³-hybridized carbons (Fsp3) is 0.500. The van der Waals surface area contributed by atoms with Gasteiger partial charge in [-0.2, -0.15) is 0 Å². The van der Waals surface area contributed by atoms with Gasteiger partial charge >= 0.3 is 5.97 Å². The molecule has 0 heterocycles. The molecule has 1 N–H and O–H groups in total. The quantitative estimate of drug-likeness (QED) is 0.847. The van der Waals surface area contributed by atoms with Crippen LogP contribution in [0.4, 0.5) is 0 Å². The van der Waals surface area contributed by atoms with Crippen molar-refractivity contribution in [2.45, 2.75) is 44.9 Å². The first-order chi connectivity index (χ1) is 7.50. The van der Waals surface area contributed by atoms with E-state index in [2.05, 4.69) is 18.2 Å². The lowest BCUT2D eigenvalue weighted by molar-refractivity contribution is -0.138. The first-order valence-electron chi connectivity index (χ1n) is 5.84. The third kappa shape index (κ3) is 1.97. The highest BCUT2D eigenvalue weighted by Gasteiger charge is 2.28. The molecule has 0 aromatic heterocycles. The molecule has 0 radical (unpaired) electrons. The lowest BCUT2D eigenvalue weighted by Crippen LogP contribution is -2.23. The summed E-state index contributed by atoms with van der Waals surface area (Å²) < 4.78 is 0. The smallest absolute Gasteiger partial charge is 0.304 e. The van der Waals surface area contributed by atoms with E-state index in [1.54, 1.807) is 0 Å². The van der Waals surface area contributed by atoms with Gasteiger partial charge < -0.3 is 5.11 Å². The maximum Gasteiger partial charge on any atom is 0.304 e. The molecule has 1 aliphatic carbocycles. The number of hydrogen-bond acceptors (Lipinski definition) is 1. The van der Waals surface area contributed by atoms with Crippen molar-refractivity contribution in [2.24, 2.45) is 0 Å². The predicted molar refractivity (Wildman–Crippen MR) is 63.7 cm³/mol. The van der Waals surface area contributed by atoms with Crippen molar-refractivity contribution in [3.8, 4) is 0 Å². The van der Waals surface area contributed by atoms with Crippen LogP contribution < -0.4 is 0 Å². The molecule has 2 nitrogen and oxygen atoms in total. The van der Waals surface area contributed by atoms with Crippen molar-refractivity contribution in [2.75, 3.05) is 0 Å². The Bertz CT molecular complexity index is 419. The number of fused-ring (bicyclic) bond motifs is 1. The molecule has 0 fully saturated rings. The van der Waals surface area contributed by atoms with E-state index in [1.165, 1.54) is 23.1 Å². The Kier molecular flexibility index (Phi) is 2.75. The van der Waals surface area contributed by atoms with Crippen molar-refractivity contribution >= 4 is 5.97 Å². The van der Waals surface area contributed by atoms with Gasteiger partial charge in [0.1, 0.15) is 0 Å². The highest BCUT2D eigenvalue weighted by Crippen LogP contribution is 2.35. The fourth-order valence-corrected chi connectivity index (χ4v) is 2.73. The molecule has 1 aromatic rings. The van der Waals surface area contributed by atoms with Crippen LogP contribution in [0, 0.1) is 0 Å². The minimum absolute atomic E-state index is 0.198. The van der Waals surface area contributed by atoms with Crippen molar-refractivity contribution in [3.05, 3.63) is 34.9 Å². The summed E-state index contributed by atoms with van der Waals surface area (Å²) >= 11 is 0. The maximum atomic E-state index is 10.9. The van der Waals surface area contributed by atoms with Crippen LogP contribution >= 0.6 is 0 Å². The van der Waals surface area contributed by atoms with Crippen molar-refractivity contribution in [1.29, 1.82) is 0 Å². The van der Waals surface area contributed by atoms with Gasteiger partial charge in [-0.3, -0.25) is 4.79 Å². The van der Waals surface area contributed by atoms with E-state index in [9.17, 15) is 4.79 Å². The van der Waals surface area contributed by atoms with Crippen LogP contribution in [0.2, 0.25) is 0 Å². The number of carbonyl (C=O) groups is 1. The number of rotatable bonds is 3. The SMILES string of the molecule is CC(C)(CC(=O)O)c1cccc2c1CCC2. The summed E-state index contributed by atoms with van der Waals surface area (Å²) in [6.45, 7) is 4.05. The summed E-state index contributed by atoms with van der Waals surface area (Å²) in [5.41, 5.74) is 3.77. The minimum atomic E-state index is -0.722. The normalized spacial score (nSPS) is 14.9. The van der Waals surface area contributed by atoms with Crippen LogP contribution in [0.25, 0.3) is 0 Å². The Morgan fingerprint density at radius 2 is 2.12 bits per heavy atom. The fourth-order valence-electron chi connectivity index (χ4n) is 2.73. The zero-order chi connectivity index (χ0) is 11.8. The van der Waals surface area contributed by atoms with Crippen molar-refractivity contribution in [3.63, 3.8) is 0 Å². The molecule has 0 saturated carbocycles. The Balaban J connectivity index is 2.40. The summed E-state index contributed by atoms with van der Waals surface area (Å²) in [5.74, 6) is -0.722. The standard InChI is InChI=1S/C14H18O2/c1-14(2,9-13(15)16)12-8-4-6-10-5-3-7-11(10)12/h4,6,8H,3,5,7,9H2,1-2H3,(H,15,16). The molecular formula is C14H18O2. The van der Waals surface area contributed by atoms with Gasteiger partial charge in [-0.15, -0.1) is 0 Å². The van der Waals surface area contributed by atoms with Gasteiger partial charge in [0.15, 0.2) is 0 Å². The lowest BCUT2D eigenvalue weighted by atomic mass is 9.78. The third-order valence-corrected chi connectivity index (χ3v) is 3.47. The van der Waals surface area contributed by atoms with Crippen LogP contribution in [0.15, 0.2) is 18.2 Å². The number of carboxylic acids is 1. The topological polar surface area (TPSA) is 37.3 Å². The van der Waals surface area contributed by atoms with Crippen molar-refractivity contribution in [1.82, 2.24) is 0 Å². The number of aryl methyl sites for hydroxylation is 1. The van der Waals surface area contributed by atoms with Gasteiger partial charge in [0.2, 0.25) is 0 Å². The van der Waals surface area contributed by atoms with Crippen LogP contribution in [0.5, 0.6) is 0 Å². The Morgan fingerprint density at radius 3 is 2.81 bits per heavy atom. The molecule has 1 aliphatic rings. The summed E-state index contributed by atoms with van der Waals surface area (Å²) in [7, 11) is 0. The molecule has 0 atom stereocenters. The van der Waals surface area contributed by atoms with Gasteiger partial charge in [0.25, 0.3) is 0 Å². The minimum Gasteiger partial charge on any atom is -0.481 e. The molecule has 0 aliphatic heterocycles. The maximum absolute atomic E-state index is 10.9. The van der Waals surface area contributed by atoms with Gasteiger partial charge in [-0.05, 0) is 36.0 Å². The summed E-state index contributed by atoms with van der Waals surface area (Å²) in [6, 6.07) is 6.32. The van der Waals surface area contributed by atoms with E-state index < -0.39 is 5.97 Å². The van der Waals surface area contributed by atoms with E-state index in [0.717, 1.165) is 12.8 Å². The average Bonchev–Trinajstić information content (AvgIpc) is 2.62. The molecule has 2 heteroatoms. The second-order valence-corrected chi connectivity index (χ2v) is 5.25. The second kappa shape index (κ2) is 3.93. The summed E-state index contributed by atoms with van der Waals surface area (Å²) in [6.07, 6.45) is 3.65. The monoisotopic (exact) mass is 218 g/mol. The molecule has 1 aromatic carbocycles. The zero-order valence-electron chi connectivity index (χ0n) is 9.92. The third-order valence-electron chi connectivity index (χ3n) is 3.47. The largest absolute Gasteiger partial charge is 0.481 e. The van der Waals surface area contributed by atoms with Crippen LogP contribution in [-0.4, -0.2) is 11.1 Å². The summed E-state index contributed by atoms with van der Waals surface area (Å²) in [4.78, 5) is 10.9. The molecule has 0 unspecified atom stereocenters. The molecule has 16 heavy (non-hydrogen) atoms. The molecular weight excluding hydrogens is 200 g/mol. The van der Waals surface area contributed by atoms with E-state index in [-0.39, 0.29) is 11.8 Å². The number of hydrogen-bond donors (Lipinski definition) is 1. The molecule has 0 amide bonds. The molecule has 2 rings (SSSR count). The van der Waals surface area contributed by atoms with Crippen LogP contribution in [0.1, 0.15) is 43.4 Å².